The molecule has 3 fully saturated rings. The summed E-state index contributed by atoms with van der Waals surface area (Å²) in [6.45, 7) is 5.31. The highest BCUT2D eigenvalue weighted by atomic mass is 19.1. The first-order chi connectivity index (χ1) is 33.7. The number of likely N-dealkylation sites (tertiary alicyclic amines) is 1. The molecule has 350 valence electrons. The summed E-state index contributed by atoms with van der Waals surface area (Å²) in [5.41, 5.74) is 7.63. The van der Waals surface area contributed by atoms with Gasteiger partial charge in [0, 0.05) is 104 Å². The Kier molecular flexibility index (Phi) is 12.0. The molecule has 0 bridgehead atoms. The lowest BCUT2D eigenvalue weighted by Crippen LogP contribution is -2.52. The number of ether oxygens (including phenoxy) is 1. The molecule has 0 aliphatic carbocycles. The Hall–Kier alpha value is -7.54. The average molecular weight is 931 g/mol. The molecule has 4 aliphatic rings. The van der Waals surface area contributed by atoms with Crippen molar-refractivity contribution in [1.82, 2.24) is 49.7 Å². The summed E-state index contributed by atoms with van der Waals surface area (Å²) in [6.07, 6.45) is 9.48. The molecule has 4 aromatic carbocycles. The fraction of sp³-hybridized carbons (Fsp3) is 0.294. The molecule has 0 radical (unpaired) electrons. The van der Waals surface area contributed by atoms with Crippen molar-refractivity contribution in [2.24, 2.45) is 0 Å². The molecule has 0 spiro atoms. The Morgan fingerprint density at radius 2 is 1.55 bits per heavy atom. The van der Waals surface area contributed by atoms with Gasteiger partial charge in [-0.25, -0.2) is 18.7 Å². The Bertz CT molecular complexity index is 3090. The number of imide groups is 1. The van der Waals surface area contributed by atoms with Crippen LogP contribution in [-0.4, -0.2) is 108 Å². The van der Waals surface area contributed by atoms with Gasteiger partial charge in [0.05, 0.1) is 48.4 Å². The van der Waals surface area contributed by atoms with Crippen LogP contribution in [0.4, 0.5) is 31.9 Å². The molecular weight excluding hydrogens is 883 g/mol. The number of amides is 3. The summed E-state index contributed by atoms with van der Waals surface area (Å²) in [5.74, 6) is -1.26. The lowest BCUT2D eigenvalue weighted by molar-refractivity contribution is -0.136. The van der Waals surface area contributed by atoms with Gasteiger partial charge in [0.2, 0.25) is 17.8 Å². The van der Waals surface area contributed by atoms with Gasteiger partial charge in [-0.05, 0) is 78.9 Å². The number of anilines is 4. The third-order valence-corrected chi connectivity index (χ3v) is 13.4. The molecule has 3 amide bonds. The predicted molar refractivity (Wildman–Crippen MR) is 253 cm³/mol. The van der Waals surface area contributed by atoms with Gasteiger partial charge in [0.1, 0.15) is 23.5 Å². The highest BCUT2D eigenvalue weighted by Crippen LogP contribution is 2.35. The summed E-state index contributed by atoms with van der Waals surface area (Å²) in [5, 5.41) is 13.8. The first kappa shape index (κ1) is 44.0. The molecule has 7 aromatic rings. The molecule has 11 rings (SSSR count). The van der Waals surface area contributed by atoms with Crippen LogP contribution in [0.2, 0.25) is 0 Å². The molecule has 1 unspecified atom stereocenters. The number of carbonyl (C=O) groups is 3. The number of aromatic nitrogens is 6. The number of piperidine rings is 2. The second-order valence-electron chi connectivity index (χ2n) is 17.9. The molecule has 18 heteroatoms. The number of fused-ring (bicyclic) bond motifs is 2. The first-order valence-electron chi connectivity index (χ1n) is 23.2. The van der Waals surface area contributed by atoms with Gasteiger partial charge in [-0.2, -0.15) is 10.1 Å². The molecule has 16 nitrogen and oxygen atoms in total. The highest BCUT2D eigenvalue weighted by Gasteiger charge is 2.40. The van der Waals surface area contributed by atoms with E-state index in [1.807, 2.05) is 52.2 Å². The first-order valence-corrected chi connectivity index (χ1v) is 23.2. The summed E-state index contributed by atoms with van der Waals surface area (Å²) in [6, 6.07) is 23.1. The summed E-state index contributed by atoms with van der Waals surface area (Å²) in [4.78, 5) is 62.4. The molecule has 69 heavy (non-hydrogen) atoms. The van der Waals surface area contributed by atoms with Crippen molar-refractivity contribution < 1.29 is 27.9 Å². The van der Waals surface area contributed by atoms with Crippen LogP contribution in [0, 0.1) is 11.6 Å². The Morgan fingerprint density at radius 1 is 0.768 bits per heavy atom. The molecule has 3 aromatic heterocycles. The maximum atomic E-state index is 15.5. The second kappa shape index (κ2) is 18.9. The number of hydrogen-bond acceptors (Lipinski definition) is 13. The van der Waals surface area contributed by atoms with Crippen LogP contribution in [0.15, 0.2) is 104 Å². The molecule has 4 aliphatic heterocycles. The van der Waals surface area contributed by atoms with E-state index < -0.39 is 23.6 Å². The van der Waals surface area contributed by atoms with Gasteiger partial charge in [-0.1, -0.05) is 30.3 Å². The zero-order valence-electron chi connectivity index (χ0n) is 37.6. The van der Waals surface area contributed by atoms with Crippen LogP contribution in [0.3, 0.4) is 0 Å². The van der Waals surface area contributed by atoms with Gasteiger partial charge in [0.15, 0.2) is 0 Å². The minimum Gasteiger partial charge on any atom is -0.379 e. The van der Waals surface area contributed by atoms with Crippen LogP contribution in [0.1, 0.15) is 58.8 Å². The maximum absolute atomic E-state index is 15.5. The van der Waals surface area contributed by atoms with E-state index in [4.69, 9.17) is 19.8 Å². The zero-order valence-corrected chi connectivity index (χ0v) is 37.6. The van der Waals surface area contributed by atoms with Crippen LogP contribution in [-0.2, 0) is 34.0 Å². The van der Waals surface area contributed by atoms with E-state index in [2.05, 4.69) is 43.0 Å². The van der Waals surface area contributed by atoms with Crippen LogP contribution in [0.25, 0.3) is 33.4 Å². The van der Waals surface area contributed by atoms with Crippen LogP contribution >= 0.6 is 0 Å². The van der Waals surface area contributed by atoms with E-state index in [-0.39, 0.29) is 42.9 Å². The Morgan fingerprint density at radius 3 is 2.38 bits per heavy atom. The van der Waals surface area contributed by atoms with Crippen molar-refractivity contribution in [3.63, 3.8) is 0 Å². The summed E-state index contributed by atoms with van der Waals surface area (Å²) >= 11 is 0. The molecule has 3 saturated heterocycles. The van der Waals surface area contributed by atoms with Crippen molar-refractivity contribution in [1.29, 1.82) is 0 Å². The molecule has 3 N–H and O–H groups in total. The topological polar surface area (TPSA) is 176 Å². The lowest BCUT2D eigenvalue weighted by Gasteiger charge is -2.32. The maximum Gasteiger partial charge on any atom is 0.255 e. The minimum atomic E-state index is -0.701. The van der Waals surface area contributed by atoms with E-state index in [9.17, 15) is 14.4 Å². The number of rotatable bonds is 12. The molecule has 1 atom stereocenters. The number of halogens is 2. The number of para-hydroxylation sites is 1. The lowest BCUT2D eigenvalue weighted by atomic mass is 10.0. The molecule has 0 saturated carbocycles. The van der Waals surface area contributed by atoms with E-state index in [1.54, 1.807) is 36.8 Å². The van der Waals surface area contributed by atoms with Crippen molar-refractivity contribution in [3.05, 3.63) is 138 Å². The summed E-state index contributed by atoms with van der Waals surface area (Å²) < 4.78 is 38.4. The second-order valence-corrected chi connectivity index (χ2v) is 17.9. The smallest absolute Gasteiger partial charge is 0.255 e. The predicted octanol–water partition coefficient (Wildman–Crippen LogP) is 7.15. The third kappa shape index (κ3) is 9.25. The Labute approximate surface area is 395 Å². The van der Waals surface area contributed by atoms with Crippen molar-refractivity contribution in [3.8, 4) is 22.4 Å². The Balaban J connectivity index is 0.708. The van der Waals surface area contributed by atoms with Gasteiger partial charge >= 0.3 is 0 Å². The zero-order chi connectivity index (χ0) is 47.0. The number of hydrogen-bond donors (Lipinski definition) is 3. The van der Waals surface area contributed by atoms with E-state index >= 15 is 8.78 Å². The summed E-state index contributed by atoms with van der Waals surface area (Å²) in [7, 11) is 0. The number of carbonyl (C=O) groups excluding carboxylic acids is 3. The highest BCUT2D eigenvalue weighted by molar-refractivity contribution is 6.06. The van der Waals surface area contributed by atoms with E-state index in [0.717, 1.165) is 54.9 Å². The molecule has 7 heterocycles. The van der Waals surface area contributed by atoms with Gasteiger partial charge in [-0.15, -0.1) is 0 Å². The average Bonchev–Trinajstić information content (AvgIpc) is 3.99. The van der Waals surface area contributed by atoms with Gasteiger partial charge in [-0.3, -0.25) is 39.2 Å². The minimum absolute atomic E-state index is 0.0518. The molecular formula is C51H48F2N12O4. The SMILES string of the molecule is O=C1CCC(N2Cc3c(Nc4ccnc(Nc5cccc(CN6CCC(n7cc(-c8cnc9cccc(-c%10cc(F)c(CN%11CCOCC%11)c(F)c%10)c9n8)cn7)CC6)c5)n4)cccc3C2=O)C(=O)N1. The standard InChI is InChI=1S/C51H48F2N12O4/c52-40-23-32(24-41(53)39(40)29-63-18-20-69-21-19-63)36-6-2-9-43-48(36)59-44(26-55-43)33-25-56-65(28-33)35-13-16-62(17-14-35)27-31-4-1-5-34(22-31)57-51-54-15-12-46(60-51)58-42-8-3-7-37-38(42)30-64(50(37)68)45-10-11-47(66)61-49(45)67/h1-9,12,15,22-26,28,35,45H,10-11,13-14,16-21,27,29-30H2,(H,61,66,67)(H2,54,57,58,60). The quantitative estimate of drug-likeness (QED) is 0.106. The monoisotopic (exact) mass is 930 g/mol. The number of benzene rings is 4. The normalized spacial score (nSPS) is 18.1. The van der Waals surface area contributed by atoms with Crippen molar-refractivity contribution >= 4 is 51.9 Å². The number of nitrogens with zero attached hydrogens (tertiary/aromatic N) is 9. The number of nitrogens with one attached hydrogen (secondary N) is 3. The number of morpholine rings is 1. The van der Waals surface area contributed by atoms with Gasteiger partial charge < -0.3 is 20.3 Å². The van der Waals surface area contributed by atoms with E-state index in [0.29, 0.717) is 83.6 Å². The third-order valence-electron chi connectivity index (χ3n) is 13.4. The fourth-order valence-corrected chi connectivity index (χ4v) is 9.77. The van der Waals surface area contributed by atoms with Crippen LogP contribution < -0.4 is 16.0 Å². The largest absolute Gasteiger partial charge is 0.379 e. The van der Waals surface area contributed by atoms with Crippen molar-refractivity contribution in [2.75, 3.05) is 50.0 Å². The van der Waals surface area contributed by atoms with Gasteiger partial charge in [0.25, 0.3) is 5.91 Å². The fourth-order valence-electron chi connectivity index (χ4n) is 9.77. The van der Waals surface area contributed by atoms with Crippen molar-refractivity contribution in [2.45, 2.75) is 57.4 Å². The van der Waals surface area contributed by atoms with Crippen LogP contribution in [0.5, 0.6) is 0 Å². The van der Waals surface area contributed by atoms with E-state index in [1.165, 1.54) is 17.0 Å².